The second-order valence-electron chi connectivity index (χ2n) is 6.82. The summed E-state index contributed by atoms with van der Waals surface area (Å²) in [5.74, 6) is -1.66. The van der Waals surface area contributed by atoms with E-state index in [2.05, 4.69) is 9.97 Å². The van der Waals surface area contributed by atoms with Crippen molar-refractivity contribution in [2.75, 3.05) is 18.1 Å². The number of fused-ring (bicyclic) bond motifs is 2. The van der Waals surface area contributed by atoms with Gasteiger partial charge in [-0.15, -0.1) is 11.3 Å². The van der Waals surface area contributed by atoms with Gasteiger partial charge in [0, 0.05) is 18.2 Å². The number of benzene rings is 2. The Bertz CT molecular complexity index is 1220. The molecule has 2 aromatic heterocycles. The molecule has 148 valence electrons. The van der Waals surface area contributed by atoms with Crippen molar-refractivity contribution >= 4 is 54.1 Å². The molecule has 5 rings (SSSR count). The molecule has 29 heavy (non-hydrogen) atoms. The van der Waals surface area contributed by atoms with Gasteiger partial charge < -0.3 is 4.74 Å². The fourth-order valence-electron chi connectivity index (χ4n) is 3.44. The molecule has 0 saturated carbocycles. The predicted octanol–water partition coefficient (Wildman–Crippen LogP) is 5.01. The number of ether oxygens (including phenoxy) is 1. The summed E-state index contributed by atoms with van der Waals surface area (Å²) in [5, 5.41) is 0.328. The van der Waals surface area contributed by atoms with E-state index >= 15 is 0 Å². The number of rotatable bonds is 4. The lowest BCUT2D eigenvalue weighted by Crippen LogP contribution is -2.37. The minimum Gasteiger partial charge on any atom is -0.376 e. The number of aromatic nitrogens is 2. The fourth-order valence-corrected chi connectivity index (χ4v) is 5.17. The van der Waals surface area contributed by atoms with E-state index in [1.165, 1.54) is 22.3 Å². The first kappa shape index (κ1) is 18.5. The molecule has 5 nitrogen and oxygen atoms in total. The van der Waals surface area contributed by atoms with Gasteiger partial charge in [0.15, 0.2) is 10.9 Å². The molecular weight excluding hydrogens is 416 g/mol. The van der Waals surface area contributed by atoms with E-state index < -0.39 is 11.6 Å². The SMILES string of the molecule is O=C(c1ccc2ncsc2c1)N(CC1CCCO1)c1nc2c(F)cc(F)cc2s1. The van der Waals surface area contributed by atoms with Crippen LogP contribution in [0.2, 0.25) is 0 Å². The third kappa shape index (κ3) is 3.50. The molecule has 2 aromatic carbocycles. The third-order valence-corrected chi connectivity index (χ3v) is 6.68. The van der Waals surface area contributed by atoms with Gasteiger partial charge in [0.1, 0.15) is 11.3 Å². The quantitative estimate of drug-likeness (QED) is 0.456. The lowest BCUT2D eigenvalue weighted by atomic mass is 10.1. The molecule has 9 heteroatoms. The molecule has 1 unspecified atom stereocenters. The van der Waals surface area contributed by atoms with E-state index in [1.807, 2.05) is 0 Å². The van der Waals surface area contributed by atoms with Crippen LogP contribution in [0.5, 0.6) is 0 Å². The summed E-state index contributed by atoms with van der Waals surface area (Å²) >= 11 is 2.55. The Balaban J connectivity index is 1.56. The highest BCUT2D eigenvalue weighted by Crippen LogP contribution is 2.33. The standard InChI is InChI=1S/C20H15F2N3O2S2/c21-12-7-14(22)18-17(8-12)29-20(24-18)25(9-13-2-1-5-27-13)19(26)11-3-4-15-16(6-11)28-10-23-15/h3-4,6-8,10,13H,1-2,5,9H2. The van der Waals surface area contributed by atoms with Crippen molar-refractivity contribution in [2.24, 2.45) is 0 Å². The van der Waals surface area contributed by atoms with Crippen LogP contribution in [-0.4, -0.2) is 35.1 Å². The van der Waals surface area contributed by atoms with Gasteiger partial charge >= 0.3 is 0 Å². The van der Waals surface area contributed by atoms with Crippen LogP contribution >= 0.6 is 22.7 Å². The summed E-state index contributed by atoms with van der Waals surface area (Å²) < 4.78 is 34.7. The van der Waals surface area contributed by atoms with Crippen molar-refractivity contribution < 1.29 is 18.3 Å². The number of carbonyl (C=O) groups excluding carboxylic acids is 1. The number of anilines is 1. The Morgan fingerprint density at radius 1 is 1.24 bits per heavy atom. The monoisotopic (exact) mass is 431 g/mol. The van der Waals surface area contributed by atoms with Gasteiger partial charge in [0.2, 0.25) is 0 Å². The van der Waals surface area contributed by atoms with Crippen LogP contribution < -0.4 is 4.90 Å². The second-order valence-corrected chi connectivity index (χ2v) is 8.71. The zero-order valence-electron chi connectivity index (χ0n) is 15.1. The number of hydrogen-bond donors (Lipinski definition) is 0. The average Bonchev–Trinajstić information content (AvgIpc) is 3.44. The molecule has 3 heterocycles. The van der Waals surface area contributed by atoms with Crippen LogP contribution in [0.3, 0.4) is 0 Å². The van der Waals surface area contributed by atoms with Crippen LogP contribution in [-0.2, 0) is 4.74 Å². The van der Waals surface area contributed by atoms with Crippen LogP contribution in [0.15, 0.2) is 35.8 Å². The summed E-state index contributed by atoms with van der Waals surface area (Å²) in [6.07, 6.45) is 1.66. The van der Waals surface area contributed by atoms with Crippen LogP contribution in [0.25, 0.3) is 20.4 Å². The van der Waals surface area contributed by atoms with E-state index in [0.29, 0.717) is 28.5 Å². The van der Waals surface area contributed by atoms with Crippen molar-refractivity contribution in [2.45, 2.75) is 18.9 Å². The summed E-state index contributed by atoms with van der Waals surface area (Å²) in [6.45, 7) is 0.961. The van der Waals surface area contributed by atoms with Crippen LogP contribution in [0, 0.1) is 11.6 Å². The highest BCUT2D eigenvalue weighted by Gasteiger charge is 2.28. The molecule has 1 saturated heterocycles. The Morgan fingerprint density at radius 3 is 2.97 bits per heavy atom. The Labute approximate surface area is 172 Å². The number of nitrogens with zero attached hydrogens (tertiary/aromatic N) is 3. The molecule has 0 N–H and O–H groups in total. The van der Waals surface area contributed by atoms with E-state index in [-0.39, 0.29) is 17.5 Å². The smallest absolute Gasteiger partial charge is 0.260 e. The van der Waals surface area contributed by atoms with Crippen molar-refractivity contribution in [1.82, 2.24) is 9.97 Å². The minimum atomic E-state index is -0.738. The molecule has 0 radical (unpaired) electrons. The van der Waals surface area contributed by atoms with E-state index in [9.17, 15) is 13.6 Å². The Morgan fingerprint density at radius 2 is 2.14 bits per heavy atom. The van der Waals surface area contributed by atoms with Crippen molar-refractivity contribution in [3.05, 3.63) is 53.0 Å². The summed E-state index contributed by atoms with van der Waals surface area (Å²) in [6, 6.07) is 7.36. The Kier molecular flexibility index (Phi) is 4.73. The maximum Gasteiger partial charge on any atom is 0.260 e. The summed E-state index contributed by atoms with van der Waals surface area (Å²) in [4.78, 5) is 23.4. The van der Waals surface area contributed by atoms with Crippen molar-refractivity contribution in [3.63, 3.8) is 0 Å². The number of thiazole rings is 2. The second kappa shape index (κ2) is 7.40. The molecule has 0 spiro atoms. The molecule has 1 amide bonds. The zero-order valence-corrected chi connectivity index (χ0v) is 16.7. The van der Waals surface area contributed by atoms with Crippen LogP contribution in [0.4, 0.5) is 13.9 Å². The van der Waals surface area contributed by atoms with Gasteiger partial charge in [-0.2, -0.15) is 0 Å². The third-order valence-electron chi connectivity index (χ3n) is 4.87. The molecule has 1 aliphatic heterocycles. The summed E-state index contributed by atoms with van der Waals surface area (Å²) in [7, 11) is 0. The van der Waals surface area contributed by atoms with Gasteiger partial charge in [-0.1, -0.05) is 11.3 Å². The molecular formula is C20H15F2N3O2S2. The fraction of sp³-hybridized carbons (Fsp3) is 0.250. The number of halogens is 2. The summed E-state index contributed by atoms with van der Waals surface area (Å²) in [5.41, 5.74) is 3.11. The van der Waals surface area contributed by atoms with Gasteiger partial charge in [-0.25, -0.2) is 18.7 Å². The minimum absolute atomic E-state index is 0.0643. The normalized spacial score (nSPS) is 16.7. The predicted molar refractivity (Wildman–Crippen MR) is 110 cm³/mol. The Hall–Kier alpha value is -2.49. The zero-order chi connectivity index (χ0) is 20.0. The van der Waals surface area contributed by atoms with Gasteiger partial charge in [0.05, 0.1) is 33.1 Å². The van der Waals surface area contributed by atoms with Crippen molar-refractivity contribution in [3.8, 4) is 0 Å². The number of hydrogen-bond acceptors (Lipinski definition) is 6. The van der Waals surface area contributed by atoms with Crippen molar-refractivity contribution in [1.29, 1.82) is 0 Å². The van der Waals surface area contributed by atoms with Crippen LogP contribution in [0.1, 0.15) is 23.2 Å². The maximum atomic E-state index is 14.2. The molecule has 1 aliphatic rings. The van der Waals surface area contributed by atoms with Gasteiger partial charge in [-0.3, -0.25) is 9.69 Å². The van der Waals surface area contributed by atoms with Gasteiger partial charge in [-0.05, 0) is 37.1 Å². The van der Waals surface area contributed by atoms with E-state index in [4.69, 9.17) is 4.74 Å². The number of amides is 1. The van der Waals surface area contributed by atoms with Gasteiger partial charge in [0.25, 0.3) is 5.91 Å². The number of carbonyl (C=O) groups is 1. The lowest BCUT2D eigenvalue weighted by Gasteiger charge is -2.23. The van der Waals surface area contributed by atoms with E-state index in [0.717, 1.165) is 40.5 Å². The first-order valence-corrected chi connectivity index (χ1v) is 10.8. The molecule has 1 atom stereocenters. The first-order valence-electron chi connectivity index (χ1n) is 9.11. The highest BCUT2D eigenvalue weighted by atomic mass is 32.1. The van der Waals surface area contributed by atoms with E-state index in [1.54, 1.807) is 23.7 Å². The lowest BCUT2D eigenvalue weighted by molar-refractivity contribution is 0.0917. The largest absolute Gasteiger partial charge is 0.376 e. The first-order chi connectivity index (χ1) is 14.1. The topological polar surface area (TPSA) is 55.3 Å². The highest BCUT2D eigenvalue weighted by molar-refractivity contribution is 7.22. The average molecular weight is 431 g/mol. The molecule has 4 aromatic rings. The maximum absolute atomic E-state index is 14.2. The molecule has 0 bridgehead atoms. The molecule has 1 fully saturated rings. The molecule has 0 aliphatic carbocycles.